The highest BCUT2D eigenvalue weighted by Crippen LogP contribution is 2.31. The zero-order valence-corrected chi connectivity index (χ0v) is 18.3. The molecule has 158 valence electrons. The van der Waals surface area contributed by atoms with Crippen molar-refractivity contribution < 1.29 is 17.6 Å². The lowest BCUT2D eigenvalue weighted by Gasteiger charge is -2.40. The Labute approximate surface area is 178 Å². The number of amides is 1. The number of hydrogen-bond acceptors (Lipinski definition) is 6. The first kappa shape index (κ1) is 20.7. The molecule has 6 nitrogen and oxygen atoms in total. The van der Waals surface area contributed by atoms with Crippen LogP contribution in [0.1, 0.15) is 24.2 Å². The van der Waals surface area contributed by atoms with Crippen LogP contribution >= 0.6 is 11.3 Å². The van der Waals surface area contributed by atoms with E-state index in [1.54, 1.807) is 36.1 Å². The normalized spacial score (nSPS) is 17.5. The van der Waals surface area contributed by atoms with Crippen LogP contribution in [0.5, 0.6) is 0 Å². The smallest absolute Gasteiger partial charge is 0.255 e. The molecule has 1 aliphatic heterocycles. The van der Waals surface area contributed by atoms with Crippen LogP contribution in [0.25, 0.3) is 10.2 Å². The molecule has 0 spiro atoms. The summed E-state index contributed by atoms with van der Waals surface area (Å²) in [6, 6.07) is 10.8. The highest BCUT2D eigenvalue weighted by atomic mass is 32.2. The van der Waals surface area contributed by atoms with Crippen molar-refractivity contribution in [3.05, 3.63) is 53.8 Å². The third-order valence-electron chi connectivity index (χ3n) is 5.33. The molecule has 1 atom stereocenters. The largest absolute Gasteiger partial charge is 0.344 e. The summed E-state index contributed by atoms with van der Waals surface area (Å²) >= 11 is 1.43. The first-order valence-electron chi connectivity index (χ1n) is 9.74. The predicted molar refractivity (Wildman–Crippen MR) is 116 cm³/mol. The van der Waals surface area contributed by atoms with Gasteiger partial charge in [0, 0.05) is 25.7 Å². The van der Waals surface area contributed by atoms with Crippen LogP contribution in [0.3, 0.4) is 0 Å². The summed E-state index contributed by atoms with van der Waals surface area (Å²) in [6.07, 6.45) is 0. The van der Waals surface area contributed by atoms with Gasteiger partial charge in [-0.1, -0.05) is 30.4 Å². The van der Waals surface area contributed by atoms with Crippen LogP contribution in [0.2, 0.25) is 0 Å². The average Bonchev–Trinajstić information content (AvgIpc) is 3.16. The molecule has 0 saturated carbocycles. The Kier molecular flexibility index (Phi) is 5.50. The van der Waals surface area contributed by atoms with E-state index in [0.717, 1.165) is 15.3 Å². The zero-order valence-electron chi connectivity index (χ0n) is 16.7. The van der Waals surface area contributed by atoms with Crippen molar-refractivity contribution in [3.8, 4) is 0 Å². The first-order chi connectivity index (χ1) is 14.3. The van der Waals surface area contributed by atoms with Gasteiger partial charge in [0.15, 0.2) is 15.0 Å². The summed E-state index contributed by atoms with van der Waals surface area (Å²) in [7, 11) is -3.50. The molecule has 1 aliphatic rings. The van der Waals surface area contributed by atoms with Gasteiger partial charge in [0.05, 0.1) is 26.4 Å². The monoisotopic (exact) mass is 447 g/mol. The molecule has 1 aromatic heterocycles. The molecule has 1 amide bonds. The fourth-order valence-electron chi connectivity index (χ4n) is 3.68. The summed E-state index contributed by atoms with van der Waals surface area (Å²) in [5, 5.41) is 0.795. The molecule has 0 radical (unpaired) electrons. The average molecular weight is 448 g/mol. The summed E-state index contributed by atoms with van der Waals surface area (Å²) in [5.74, 6) is -0.623. The van der Waals surface area contributed by atoms with Crippen molar-refractivity contribution in [2.45, 2.75) is 24.8 Å². The van der Waals surface area contributed by atoms with E-state index in [1.807, 2.05) is 6.92 Å². The van der Waals surface area contributed by atoms with Gasteiger partial charge in [0.1, 0.15) is 5.82 Å². The number of piperazine rings is 1. The van der Waals surface area contributed by atoms with E-state index in [0.29, 0.717) is 19.6 Å². The number of carbonyl (C=O) groups is 1. The number of nitrogens with zero attached hydrogens (tertiary/aromatic N) is 3. The maximum Gasteiger partial charge on any atom is 0.255 e. The van der Waals surface area contributed by atoms with Gasteiger partial charge in [0.25, 0.3) is 5.91 Å². The molecule has 0 aliphatic carbocycles. The van der Waals surface area contributed by atoms with E-state index in [-0.39, 0.29) is 34.0 Å². The number of carbonyl (C=O) groups excluding carboxylic acids is 1. The summed E-state index contributed by atoms with van der Waals surface area (Å²) in [6.45, 7) is 5.10. The molecule has 0 N–H and O–H groups in total. The van der Waals surface area contributed by atoms with Gasteiger partial charge in [-0.2, -0.15) is 0 Å². The fourth-order valence-corrected chi connectivity index (χ4v) is 5.79. The number of sulfone groups is 1. The number of rotatable bonds is 4. The minimum absolute atomic E-state index is 0.0567. The van der Waals surface area contributed by atoms with Crippen molar-refractivity contribution in [1.82, 2.24) is 9.88 Å². The second kappa shape index (κ2) is 7.96. The Balaban J connectivity index is 1.56. The van der Waals surface area contributed by atoms with Crippen molar-refractivity contribution in [1.29, 1.82) is 0 Å². The van der Waals surface area contributed by atoms with Gasteiger partial charge in [-0.05, 0) is 37.3 Å². The van der Waals surface area contributed by atoms with Crippen molar-refractivity contribution in [2.24, 2.45) is 0 Å². The molecular formula is C21H22FN3O3S2. The van der Waals surface area contributed by atoms with Crippen molar-refractivity contribution >= 4 is 42.4 Å². The van der Waals surface area contributed by atoms with Gasteiger partial charge in [0.2, 0.25) is 0 Å². The topological polar surface area (TPSA) is 70.6 Å². The molecule has 0 unspecified atom stereocenters. The maximum atomic E-state index is 13.5. The Hall–Kier alpha value is -2.52. The molecule has 4 rings (SSSR count). The number of aromatic nitrogens is 1. The number of benzene rings is 2. The van der Waals surface area contributed by atoms with Crippen LogP contribution in [-0.4, -0.2) is 55.6 Å². The third-order valence-corrected chi connectivity index (χ3v) is 8.20. The van der Waals surface area contributed by atoms with Crippen LogP contribution < -0.4 is 4.90 Å². The molecular weight excluding hydrogens is 425 g/mol. The number of fused-ring (bicyclic) bond motifs is 1. The number of thiazole rings is 1. The highest BCUT2D eigenvalue weighted by molar-refractivity contribution is 7.91. The SMILES string of the molecule is CCS(=O)(=O)c1ccccc1C(=O)N1CCN(c2nc3ccc(F)cc3s2)C[C@@H]1C. The van der Waals surface area contributed by atoms with E-state index in [4.69, 9.17) is 0 Å². The molecule has 1 fully saturated rings. The Morgan fingerprint density at radius 1 is 1.23 bits per heavy atom. The first-order valence-corrected chi connectivity index (χ1v) is 12.2. The minimum atomic E-state index is -3.50. The molecule has 9 heteroatoms. The lowest BCUT2D eigenvalue weighted by molar-refractivity contribution is 0.0670. The third kappa shape index (κ3) is 3.79. The molecule has 0 bridgehead atoms. The van der Waals surface area contributed by atoms with Gasteiger partial charge in [-0.3, -0.25) is 4.79 Å². The van der Waals surface area contributed by atoms with Gasteiger partial charge in [-0.15, -0.1) is 0 Å². The molecule has 2 aromatic carbocycles. The zero-order chi connectivity index (χ0) is 21.5. The molecule has 1 saturated heterocycles. The number of hydrogen-bond donors (Lipinski definition) is 0. The van der Waals surface area contributed by atoms with Crippen molar-refractivity contribution in [3.63, 3.8) is 0 Å². The minimum Gasteiger partial charge on any atom is -0.344 e. The van der Waals surface area contributed by atoms with Gasteiger partial charge >= 0.3 is 0 Å². The van der Waals surface area contributed by atoms with E-state index >= 15 is 0 Å². The summed E-state index contributed by atoms with van der Waals surface area (Å²) < 4.78 is 39.1. The highest BCUT2D eigenvalue weighted by Gasteiger charge is 2.32. The Morgan fingerprint density at radius 3 is 2.73 bits per heavy atom. The van der Waals surface area contributed by atoms with E-state index in [9.17, 15) is 17.6 Å². The van der Waals surface area contributed by atoms with E-state index in [2.05, 4.69) is 9.88 Å². The van der Waals surface area contributed by atoms with Gasteiger partial charge < -0.3 is 9.80 Å². The summed E-state index contributed by atoms with van der Waals surface area (Å²) in [5.41, 5.74) is 0.969. The second-order valence-electron chi connectivity index (χ2n) is 7.30. The number of halogens is 1. The lowest BCUT2D eigenvalue weighted by Crippen LogP contribution is -2.54. The van der Waals surface area contributed by atoms with Crippen LogP contribution in [0.4, 0.5) is 9.52 Å². The van der Waals surface area contributed by atoms with Crippen molar-refractivity contribution in [2.75, 3.05) is 30.3 Å². The van der Waals surface area contributed by atoms with Gasteiger partial charge in [-0.25, -0.2) is 17.8 Å². The maximum absolute atomic E-state index is 13.5. The molecule has 2 heterocycles. The van der Waals surface area contributed by atoms with E-state index in [1.165, 1.54) is 29.5 Å². The Morgan fingerprint density at radius 2 is 2.00 bits per heavy atom. The van der Waals surface area contributed by atoms with Crippen LogP contribution in [0.15, 0.2) is 47.4 Å². The quantitative estimate of drug-likeness (QED) is 0.611. The van der Waals surface area contributed by atoms with E-state index < -0.39 is 9.84 Å². The number of anilines is 1. The standard InChI is InChI=1S/C21H22FN3O3S2/c1-3-30(27,28)19-7-5-4-6-16(19)20(26)25-11-10-24(13-14(25)2)21-23-17-9-8-15(22)12-18(17)29-21/h4-9,12,14H,3,10-11,13H2,1-2H3/t14-/m0/s1. The van der Waals surface area contributed by atoms with Crippen LogP contribution in [-0.2, 0) is 9.84 Å². The fraction of sp³-hybridized carbons (Fsp3) is 0.333. The molecule has 30 heavy (non-hydrogen) atoms. The van der Waals surface area contributed by atoms with Crippen LogP contribution in [0, 0.1) is 5.82 Å². The Bertz CT molecular complexity index is 1210. The second-order valence-corrected chi connectivity index (χ2v) is 10.6. The predicted octanol–water partition coefficient (Wildman–Crippen LogP) is 3.58. The lowest BCUT2D eigenvalue weighted by atomic mass is 10.1. The summed E-state index contributed by atoms with van der Waals surface area (Å²) in [4.78, 5) is 21.7. The molecule has 3 aromatic rings.